The molecule has 0 heterocycles. The molecule has 1 rings (SSSR count). The summed E-state index contributed by atoms with van der Waals surface area (Å²) in [5, 5.41) is 0. The Morgan fingerprint density at radius 3 is 2.29 bits per heavy atom. The van der Waals surface area contributed by atoms with Gasteiger partial charge in [0.05, 0.1) is 0 Å². The highest BCUT2D eigenvalue weighted by atomic mass is 14.7. The first-order valence-electron chi connectivity index (χ1n) is 2.89. The number of rotatable bonds is 1. The van der Waals surface area contributed by atoms with Crippen molar-refractivity contribution in [2.24, 2.45) is 17.1 Å². The zero-order chi connectivity index (χ0) is 5.49. The van der Waals surface area contributed by atoms with Gasteiger partial charge in [-0.2, -0.15) is 0 Å². The fraction of sp³-hybridized carbons (Fsp3) is 1.00. The van der Waals surface area contributed by atoms with Crippen LogP contribution in [-0.4, -0.2) is 6.54 Å². The van der Waals surface area contributed by atoms with Crippen LogP contribution in [0, 0.1) is 11.3 Å². The molecule has 1 fully saturated rings. The van der Waals surface area contributed by atoms with Crippen molar-refractivity contribution in [3.8, 4) is 0 Å². The number of hydrogen-bond donors (Lipinski definition) is 1. The molecule has 2 N–H and O–H groups in total. The van der Waals surface area contributed by atoms with Gasteiger partial charge < -0.3 is 5.73 Å². The highest BCUT2D eigenvalue weighted by molar-refractivity contribution is 4.96. The molecule has 1 aliphatic rings. The zero-order valence-electron chi connectivity index (χ0n) is 5.07. The molecule has 0 aromatic carbocycles. The minimum atomic E-state index is 0.528. The van der Waals surface area contributed by atoms with Crippen LogP contribution in [0.1, 0.15) is 20.3 Å². The summed E-state index contributed by atoms with van der Waals surface area (Å²) in [4.78, 5) is 0. The summed E-state index contributed by atoms with van der Waals surface area (Å²) in [6, 6.07) is 0. The van der Waals surface area contributed by atoms with Crippen molar-refractivity contribution in [2.45, 2.75) is 20.3 Å². The van der Waals surface area contributed by atoms with Crippen molar-refractivity contribution in [1.82, 2.24) is 0 Å². The van der Waals surface area contributed by atoms with Crippen LogP contribution in [0.25, 0.3) is 0 Å². The SMILES string of the molecule is C[C@@H]1C[C@@]1(C)CN. The molecule has 1 aliphatic carbocycles. The minimum absolute atomic E-state index is 0.528. The number of hydrogen-bond acceptors (Lipinski definition) is 1. The maximum absolute atomic E-state index is 5.46. The molecule has 1 nitrogen and oxygen atoms in total. The third kappa shape index (κ3) is 0.653. The largest absolute Gasteiger partial charge is 0.330 e. The van der Waals surface area contributed by atoms with Crippen molar-refractivity contribution in [1.29, 1.82) is 0 Å². The van der Waals surface area contributed by atoms with E-state index in [1.807, 2.05) is 0 Å². The molecule has 0 aromatic heterocycles. The van der Waals surface area contributed by atoms with Crippen LogP contribution in [-0.2, 0) is 0 Å². The molecular formula is C6H13N. The topological polar surface area (TPSA) is 26.0 Å². The van der Waals surface area contributed by atoms with E-state index in [2.05, 4.69) is 13.8 Å². The Kier molecular flexibility index (Phi) is 0.890. The van der Waals surface area contributed by atoms with Crippen molar-refractivity contribution in [3.63, 3.8) is 0 Å². The fourth-order valence-corrected chi connectivity index (χ4v) is 0.925. The van der Waals surface area contributed by atoms with E-state index < -0.39 is 0 Å². The Morgan fingerprint density at radius 1 is 1.86 bits per heavy atom. The maximum atomic E-state index is 5.46. The first-order valence-corrected chi connectivity index (χ1v) is 2.89. The average Bonchev–Trinajstić information content (AvgIpc) is 2.18. The Hall–Kier alpha value is -0.0400. The lowest BCUT2D eigenvalue weighted by molar-refractivity contribution is 0.535. The highest BCUT2D eigenvalue weighted by Crippen LogP contribution is 2.50. The molecule has 0 bridgehead atoms. The predicted octanol–water partition coefficient (Wildman–Crippen LogP) is 0.991. The lowest BCUT2D eigenvalue weighted by Crippen LogP contribution is -2.12. The fourth-order valence-electron chi connectivity index (χ4n) is 0.925. The summed E-state index contributed by atoms with van der Waals surface area (Å²) in [6.45, 7) is 5.37. The molecule has 7 heavy (non-hydrogen) atoms. The van der Waals surface area contributed by atoms with E-state index in [1.165, 1.54) is 6.42 Å². The molecule has 1 saturated carbocycles. The maximum Gasteiger partial charge on any atom is -0.00205 e. The molecule has 0 unspecified atom stereocenters. The number of nitrogens with two attached hydrogens (primary N) is 1. The van der Waals surface area contributed by atoms with E-state index in [9.17, 15) is 0 Å². The molecule has 0 radical (unpaired) electrons. The quantitative estimate of drug-likeness (QED) is 0.521. The Balaban J connectivity index is 2.36. The molecule has 0 amide bonds. The second kappa shape index (κ2) is 1.22. The molecule has 42 valence electrons. The summed E-state index contributed by atoms with van der Waals surface area (Å²) >= 11 is 0. The van der Waals surface area contributed by atoms with E-state index in [-0.39, 0.29) is 0 Å². The van der Waals surface area contributed by atoms with Gasteiger partial charge in [0.25, 0.3) is 0 Å². The molecule has 2 atom stereocenters. The van der Waals surface area contributed by atoms with Crippen LogP contribution in [0.3, 0.4) is 0 Å². The molecule has 0 aliphatic heterocycles. The van der Waals surface area contributed by atoms with Gasteiger partial charge in [-0.25, -0.2) is 0 Å². The van der Waals surface area contributed by atoms with Gasteiger partial charge in [0.1, 0.15) is 0 Å². The predicted molar refractivity (Wildman–Crippen MR) is 30.9 cm³/mol. The van der Waals surface area contributed by atoms with Gasteiger partial charge in [0, 0.05) is 0 Å². The first kappa shape index (κ1) is 5.10. The highest BCUT2D eigenvalue weighted by Gasteiger charge is 2.44. The van der Waals surface area contributed by atoms with Crippen molar-refractivity contribution >= 4 is 0 Å². The summed E-state index contributed by atoms with van der Waals surface area (Å²) in [5.74, 6) is 0.887. The molecule has 0 aromatic rings. The van der Waals surface area contributed by atoms with Gasteiger partial charge in [-0.05, 0) is 24.3 Å². The van der Waals surface area contributed by atoms with E-state index in [1.54, 1.807) is 0 Å². The van der Waals surface area contributed by atoms with Crippen LogP contribution in [0.15, 0.2) is 0 Å². The first-order chi connectivity index (χ1) is 3.19. The van der Waals surface area contributed by atoms with Gasteiger partial charge in [-0.3, -0.25) is 0 Å². The lowest BCUT2D eigenvalue weighted by Gasteiger charge is -2.00. The van der Waals surface area contributed by atoms with Gasteiger partial charge in [0.2, 0.25) is 0 Å². The standard InChI is InChI=1S/C6H13N/c1-5-3-6(5,2)4-7/h5H,3-4,7H2,1-2H3/t5-,6+/m1/s1. The molecule has 1 heteroatoms. The third-order valence-electron chi connectivity index (χ3n) is 2.27. The van der Waals surface area contributed by atoms with Crippen molar-refractivity contribution < 1.29 is 0 Å². The summed E-state index contributed by atoms with van der Waals surface area (Å²) in [6.07, 6.45) is 1.34. The summed E-state index contributed by atoms with van der Waals surface area (Å²) in [7, 11) is 0. The van der Waals surface area contributed by atoms with Crippen LogP contribution < -0.4 is 5.73 Å². The Morgan fingerprint density at radius 2 is 2.29 bits per heavy atom. The van der Waals surface area contributed by atoms with Crippen molar-refractivity contribution in [3.05, 3.63) is 0 Å². The lowest BCUT2D eigenvalue weighted by atomic mass is 10.1. The van der Waals surface area contributed by atoms with Gasteiger partial charge in [-0.15, -0.1) is 0 Å². The van der Waals surface area contributed by atoms with Crippen LogP contribution >= 0.6 is 0 Å². The van der Waals surface area contributed by atoms with Gasteiger partial charge >= 0.3 is 0 Å². The molecule has 0 spiro atoms. The minimum Gasteiger partial charge on any atom is -0.330 e. The average molecular weight is 99.2 g/mol. The van der Waals surface area contributed by atoms with Crippen LogP contribution in [0.2, 0.25) is 0 Å². The third-order valence-corrected chi connectivity index (χ3v) is 2.27. The van der Waals surface area contributed by atoms with Gasteiger partial charge in [-0.1, -0.05) is 13.8 Å². The summed E-state index contributed by atoms with van der Waals surface area (Å²) < 4.78 is 0. The Bertz CT molecular complexity index is 76.2. The van der Waals surface area contributed by atoms with E-state index in [0.29, 0.717) is 5.41 Å². The Labute approximate surface area is 44.9 Å². The van der Waals surface area contributed by atoms with Crippen molar-refractivity contribution in [2.75, 3.05) is 6.54 Å². The molecule has 0 saturated heterocycles. The zero-order valence-corrected chi connectivity index (χ0v) is 5.07. The molecular weight excluding hydrogens is 86.1 g/mol. The van der Waals surface area contributed by atoms with Crippen LogP contribution in [0.4, 0.5) is 0 Å². The second-order valence-corrected chi connectivity index (χ2v) is 2.96. The van der Waals surface area contributed by atoms with E-state index in [0.717, 1.165) is 12.5 Å². The smallest absolute Gasteiger partial charge is 0.00205 e. The normalized spacial score (nSPS) is 49.3. The summed E-state index contributed by atoms with van der Waals surface area (Å²) in [5.41, 5.74) is 5.99. The van der Waals surface area contributed by atoms with Gasteiger partial charge in [0.15, 0.2) is 0 Å². The van der Waals surface area contributed by atoms with E-state index in [4.69, 9.17) is 5.73 Å². The monoisotopic (exact) mass is 99.1 g/mol. The van der Waals surface area contributed by atoms with Crippen LogP contribution in [0.5, 0.6) is 0 Å². The second-order valence-electron chi connectivity index (χ2n) is 2.96. The van der Waals surface area contributed by atoms with E-state index >= 15 is 0 Å².